The molecule has 5 heteroatoms. The predicted molar refractivity (Wildman–Crippen MR) is 70.0 cm³/mol. The van der Waals surface area contributed by atoms with E-state index in [-0.39, 0.29) is 11.9 Å². The molecule has 1 aromatic rings. The van der Waals surface area contributed by atoms with Gasteiger partial charge >= 0.3 is 5.97 Å². The number of carboxylic acid groups (broad SMARTS) is 1. The number of carboxylic acids is 1. The third-order valence-electron chi connectivity index (χ3n) is 3.18. The van der Waals surface area contributed by atoms with Gasteiger partial charge in [0.25, 0.3) is 0 Å². The molecule has 2 N–H and O–H groups in total. The molecular formula is C13H15BrFNO2. The van der Waals surface area contributed by atoms with Gasteiger partial charge in [0.05, 0.1) is 0 Å². The highest BCUT2D eigenvalue weighted by Crippen LogP contribution is 2.20. The molecule has 2 rings (SSSR count). The molecule has 0 spiro atoms. The molecular weight excluding hydrogens is 301 g/mol. The summed E-state index contributed by atoms with van der Waals surface area (Å²) in [4.78, 5) is 10.9. The van der Waals surface area contributed by atoms with Gasteiger partial charge in [0.1, 0.15) is 11.9 Å². The Bertz CT molecular complexity index is 432. The fourth-order valence-corrected chi connectivity index (χ4v) is 2.90. The number of hydrogen-bond acceptors (Lipinski definition) is 2. The number of benzene rings is 1. The molecule has 18 heavy (non-hydrogen) atoms. The van der Waals surface area contributed by atoms with Crippen LogP contribution in [0.1, 0.15) is 24.8 Å². The summed E-state index contributed by atoms with van der Waals surface area (Å²) in [5.41, 5.74) is 0.880. The lowest BCUT2D eigenvalue weighted by Crippen LogP contribution is -2.47. The fraction of sp³-hybridized carbons (Fsp3) is 0.462. The largest absolute Gasteiger partial charge is 0.480 e. The highest BCUT2D eigenvalue weighted by Gasteiger charge is 2.25. The Kier molecular flexibility index (Phi) is 4.35. The standard InChI is InChI=1S/C13H15BrFNO2/c14-9-4-8(5-10(15)7-9)6-11-2-1-3-12(16-11)13(17)18/h4-5,7,11-12,16H,1-3,6H2,(H,17,18). The zero-order chi connectivity index (χ0) is 13.1. The quantitative estimate of drug-likeness (QED) is 0.901. The monoisotopic (exact) mass is 315 g/mol. The number of nitrogens with one attached hydrogen (secondary N) is 1. The van der Waals surface area contributed by atoms with Crippen LogP contribution in [-0.2, 0) is 11.2 Å². The number of piperidine rings is 1. The van der Waals surface area contributed by atoms with E-state index in [1.807, 2.05) is 6.07 Å². The first kappa shape index (κ1) is 13.5. The van der Waals surface area contributed by atoms with Gasteiger partial charge in [0, 0.05) is 10.5 Å². The van der Waals surface area contributed by atoms with E-state index >= 15 is 0 Å². The summed E-state index contributed by atoms with van der Waals surface area (Å²) >= 11 is 3.26. The van der Waals surface area contributed by atoms with Crippen LogP contribution < -0.4 is 5.32 Å². The topological polar surface area (TPSA) is 49.3 Å². The molecule has 0 amide bonds. The van der Waals surface area contributed by atoms with Crippen molar-refractivity contribution in [3.05, 3.63) is 34.1 Å². The summed E-state index contributed by atoms with van der Waals surface area (Å²) in [6, 6.07) is 4.42. The second-order valence-electron chi connectivity index (χ2n) is 4.67. The number of halogens is 2. The third kappa shape index (κ3) is 3.53. The lowest BCUT2D eigenvalue weighted by atomic mass is 9.94. The minimum Gasteiger partial charge on any atom is -0.480 e. The average Bonchev–Trinajstić information content (AvgIpc) is 2.27. The molecule has 0 bridgehead atoms. The van der Waals surface area contributed by atoms with Crippen LogP contribution in [0.25, 0.3) is 0 Å². The summed E-state index contributed by atoms with van der Waals surface area (Å²) in [6.07, 6.45) is 3.14. The van der Waals surface area contributed by atoms with Crippen molar-refractivity contribution in [3.8, 4) is 0 Å². The van der Waals surface area contributed by atoms with Crippen LogP contribution in [0.2, 0.25) is 0 Å². The molecule has 3 nitrogen and oxygen atoms in total. The highest BCUT2D eigenvalue weighted by atomic mass is 79.9. The van der Waals surface area contributed by atoms with Crippen molar-refractivity contribution in [1.82, 2.24) is 5.32 Å². The number of rotatable bonds is 3. The Labute approximate surface area is 114 Å². The fourth-order valence-electron chi connectivity index (χ4n) is 2.39. The molecule has 2 unspecified atom stereocenters. The van der Waals surface area contributed by atoms with E-state index in [4.69, 9.17) is 5.11 Å². The molecule has 1 heterocycles. The number of carbonyl (C=O) groups is 1. The summed E-state index contributed by atoms with van der Waals surface area (Å²) in [6.45, 7) is 0. The molecule has 1 aliphatic heterocycles. The van der Waals surface area contributed by atoms with Gasteiger partial charge in [-0.25, -0.2) is 4.39 Å². The van der Waals surface area contributed by atoms with Crippen LogP contribution in [0.5, 0.6) is 0 Å². The van der Waals surface area contributed by atoms with Crippen LogP contribution in [0.4, 0.5) is 4.39 Å². The van der Waals surface area contributed by atoms with Gasteiger partial charge in [-0.1, -0.05) is 15.9 Å². The van der Waals surface area contributed by atoms with E-state index in [1.165, 1.54) is 12.1 Å². The van der Waals surface area contributed by atoms with Crippen molar-refractivity contribution < 1.29 is 14.3 Å². The zero-order valence-corrected chi connectivity index (χ0v) is 11.4. The highest BCUT2D eigenvalue weighted by molar-refractivity contribution is 9.10. The van der Waals surface area contributed by atoms with Gasteiger partial charge in [-0.3, -0.25) is 4.79 Å². The summed E-state index contributed by atoms with van der Waals surface area (Å²) in [5, 5.41) is 12.1. The number of aliphatic carboxylic acids is 1. The first-order valence-electron chi connectivity index (χ1n) is 5.98. The Balaban J connectivity index is 2.02. The van der Waals surface area contributed by atoms with Crippen LogP contribution in [0.3, 0.4) is 0 Å². The lowest BCUT2D eigenvalue weighted by Gasteiger charge is -2.28. The minimum atomic E-state index is -0.805. The normalized spacial score (nSPS) is 23.9. The van der Waals surface area contributed by atoms with E-state index in [1.54, 1.807) is 0 Å². The molecule has 2 atom stereocenters. The van der Waals surface area contributed by atoms with E-state index in [0.717, 1.165) is 18.4 Å². The Morgan fingerprint density at radius 3 is 2.89 bits per heavy atom. The van der Waals surface area contributed by atoms with Crippen LogP contribution >= 0.6 is 15.9 Å². The maximum Gasteiger partial charge on any atom is 0.320 e. The van der Waals surface area contributed by atoms with Gasteiger partial charge in [-0.05, 0) is 49.4 Å². The first-order valence-corrected chi connectivity index (χ1v) is 6.78. The van der Waals surface area contributed by atoms with E-state index in [2.05, 4.69) is 21.2 Å². The SMILES string of the molecule is O=C(O)C1CCCC(Cc2cc(F)cc(Br)c2)N1. The van der Waals surface area contributed by atoms with E-state index in [0.29, 0.717) is 17.3 Å². The van der Waals surface area contributed by atoms with Crippen molar-refractivity contribution in [1.29, 1.82) is 0 Å². The lowest BCUT2D eigenvalue weighted by molar-refractivity contribution is -0.140. The second kappa shape index (κ2) is 5.80. The van der Waals surface area contributed by atoms with Gasteiger partial charge in [0.2, 0.25) is 0 Å². The van der Waals surface area contributed by atoms with E-state index in [9.17, 15) is 9.18 Å². The maximum absolute atomic E-state index is 13.2. The zero-order valence-electron chi connectivity index (χ0n) is 9.83. The Morgan fingerprint density at radius 2 is 2.22 bits per heavy atom. The molecule has 0 aliphatic carbocycles. The molecule has 98 valence electrons. The van der Waals surface area contributed by atoms with Crippen LogP contribution in [0.15, 0.2) is 22.7 Å². The molecule has 1 aromatic carbocycles. The molecule has 0 saturated carbocycles. The maximum atomic E-state index is 13.2. The van der Waals surface area contributed by atoms with Crippen molar-refractivity contribution in [2.24, 2.45) is 0 Å². The number of hydrogen-bond donors (Lipinski definition) is 2. The molecule has 0 aromatic heterocycles. The predicted octanol–water partition coefficient (Wildman–Crippen LogP) is 2.73. The van der Waals surface area contributed by atoms with Gasteiger partial charge < -0.3 is 10.4 Å². The second-order valence-corrected chi connectivity index (χ2v) is 5.58. The Hall–Kier alpha value is -0.940. The van der Waals surface area contributed by atoms with Crippen molar-refractivity contribution in [3.63, 3.8) is 0 Å². The van der Waals surface area contributed by atoms with E-state index < -0.39 is 12.0 Å². The smallest absolute Gasteiger partial charge is 0.320 e. The van der Waals surface area contributed by atoms with Crippen LogP contribution in [-0.4, -0.2) is 23.2 Å². The first-order chi connectivity index (χ1) is 8.54. The van der Waals surface area contributed by atoms with Gasteiger partial charge in [-0.15, -0.1) is 0 Å². The molecule has 1 aliphatic rings. The van der Waals surface area contributed by atoms with Gasteiger partial charge in [-0.2, -0.15) is 0 Å². The average molecular weight is 316 g/mol. The third-order valence-corrected chi connectivity index (χ3v) is 3.64. The minimum absolute atomic E-state index is 0.105. The summed E-state index contributed by atoms with van der Waals surface area (Å²) in [5.74, 6) is -1.08. The van der Waals surface area contributed by atoms with Crippen LogP contribution in [0, 0.1) is 5.82 Å². The molecule has 1 saturated heterocycles. The summed E-state index contributed by atoms with van der Waals surface area (Å²) in [7, 11) is 0. The van der Waals surface area contributed by atoms with Crippen molar-refractivity contribution >= 4 is 21.9 Å². The Morgan fingerprint density at radius 1 is 1.44 bits per heavy atom. The van der Waals surface area contributed by atoms with Crippen molar-refractivity contribution in [2.75, 3.05) is 0 Å². The molecule has 0 radical (unpaired) electrons. The summed E-state index contributed by atoms with van der Waals surface area (Å²) < 4.78 is 14.0. The van der Waals surface area contributed by atoms with Gasteiger partial charge in [0.15, 0.2) is 0 Å². The van der Waals surface area contributed by atoms with Crippen molar-refractivity contribution in [2.45, 2.75) is 37.8 Å². The molecule has 1 fully saturated rings.